The molecule has 1 N–H and O–H groups in total. The summed E-state index contributed by atoms with van der Waals surface area (Å²) in [4.78, 5) is 16.2. The van der Waals surface area contributed by atoms with Gasteiger partial charge in [0.05, 0.1) is 23.3 Å². The SMILES string of the molecule is CCCCN(CCCC)Cc1nc(NCCc2ccccc2)c2ccc(-c3ncccc3C(F)(F)F)cc2n1. The average Bonchev–Trinajstić information content (AvgIpc) is 2.94. The molecule has 2 heterocycles. The number of aromatic nitrogens is 3. The monoisotopic (exact) mass is 535 g/mol. The second-order valence-corrected chi connectivity index (χ2v) is 9.76. The number of unbranched alkanes of at least 4 members (excludes halogenated alkanes) is 2. The van der Waals surface area contributed by atoms with Gasteiger partial charge in [-0.05, 0) is 62.2 Å². The molecule has 0 radical (unpaired) electrons. The summed E-state index contributed by atoms with van der Waals surface area (Å²) in [5.74, 6) is 1.35. The number of nitrogens with one attached hydrogen (secondary N) is 1. The van der Waals surface area contributed by atoms with E-state index in [-0.39, 0.29) is 5.69 Å². The second kappa shape index (κ2) is 13.5. The van der Waals surface area contributed by atoms with Crippen LogP contribution in [0.3, 0.4) is 0 Å². The fourth-order valence-corrected chi connectivity index (χ4v) is 4.60. The molecule has 0 atom stereocenters. The van der Waals surface area contributed by atoms with Crippen LogP contribution >= 0.6 is 0 Å². The van der Waals surface area contributed by atoms with Crippen LogP contribution in [0, 0.1) is 0 Å². The Hall–Kier alpha value is -3.52. The minimum absolute atomic E-state index is 0.0989. The normalized spacial score (nSPS) is 11.8. The maximum absolute atomic E-state index is 13.7. The van der Waals surface area contributed by atoms with Crippen molar-refractivity contribution in [3.8, 4) is 11.3 Å². The first-order valence-electron chi connectivity index (χ1n) is 13.7. The Kier molecular flexibility index (Phi) is 9.87. The van der Waals surface area contributed by atoms with E-state index in [1.807, 2.05) is 18.2 Å². The van der Waals surface area contributed by atoms with Gasteiger partial charge in [0.15, 0.2) is 0 Å². The number of rotatable bonds is 13. The first-order valence-corrected chi connectivity index (χ1v) is 13.7. The zero-order chi connectivity index (χ0) is 27.7. The smallest absolute Gasteiger partial charge is 0.369 e. The van der Waals surface area contributed by atoms with Crippen molar-refractivity contribution < 1.29 is 13.2 Å². The van der Waals surface area contributed by atoms with Gasteiger partial charge in [-0.2, -0.15) is 13.2 Å². The Morgan fingerprint density at radius 3 is 2.31 bits per heavy atom. The molecule has 5 nitrogen and oxygen atoms in total. The molecule has 0 aliphatic heterocycles. The Bertz CT molecular complexity index is 1330. The summed E-state index contributed by atoms with van der Waals surface area (Å²) < 4.78 is 41.2. The largest absolute Gasteiger partial charge is 0.418 e. The molecule has 206 valence electrons. The predicted molar refractivity (Wildman–Crippen MR) is 151 cm³/mol. The molecule has 0 bridgehead atoms. The standard InChI is InChI=1S/C31H36F3N5/c1-3-5-19-39(20-6-4-2)22-28-37-27-21-24(29-26(31(32,33)34)13-10-17-35-29)14-15-25(27)30(38-28)36-18-16-23-11-8-7-9-12-23/h7-15,17,21H,3-6,16,18-20,22H2,1-2H3,(H,36,37,38). The van der Waals surface area contributed by atoms with Crippen molar-refractivity contribution in [2.24, 2.45) is 0 Å². The van der Waals surface area contributed by atoms with E-state index in [1.54, 1.807) is 18.2 Å². The summed E-state index contributed by atoms with van der Waals surface area (Å²) in [7, 11) is 0. The number of benzene rings is 2. The lowest BCUT2D eigenvalue weighted by molar-refractivity contribution is -0.137. The average molecular weight is 536 g/mol. The molecule has 0 unspecified atom stereocenters. The number of pyridine rings is 1. The fourth-order valence-electron chi connectivity index (χ4n) is 4.60. The van der Waals surface area contributed by atoms with Crippen LogP contribution in [-0.4, -0.2) is 39.5 Å². The van der Waals surface area contributed by atoms with Crippen molar-refractivity contribution in [1.82, 2.24) is 19.9 Å². The van der Waals surface area contributed by atoms with Gasteiger partial charge in [-0.25, -0.2) is 9.97 Å². The van der Waals surface area contributed by atoms with Gasteiger partial charge in [0.2, 0.25) is 0 Å². The van der Waals surface area contributed by atoms with Crippen molar-refractivity contribution in [3.05, 3.63) is 83.8 Å². The predicted octanol–water partition coefficient (Wildman–Crippen LogP) is 7.77. The van der Waals surface area contributed by atoms with Crippen LogP contribution in [0.2, 0.25) is 0 Å². The lowest BCUT2D eigenvalue weighted by Gasteiger charge is -2.22. The molecule has 2 aromatic carbocycles. The molecule has 39 heavy (non-hydrogen) atoms. The van der Waals surface area contributed by atoms with E-state index in [9.17, 15) is 13.2 Å². The second-order valence-electron chi connectivity index (χ2n) is 9.76. The third-order valence-electron chi connectivity index (χ3n) is 6.70. The Morgan fingerprint density at radius 1 is 0.872 bits per heavy atom. The summed E-state index contributed by atoms with van der Waals surface area (Å²) in [6.07, 6.45) is 2.08. The van der Waals surface area contributed by atoms with E-state index in [2.05, 4.69) is 41.2 Å². The number of hydrogen-bond acceptors (Lipinski definition) is 5. The number of halogens is 3. The lowest BCUT2D eigenvalue weighted by Crippen LogP contribution is -2.27. The highest BCUT2D eigenvalue weighted by Crippen LogP contribution is 2.36. The third-order valence-corrected chi connectivity index (χ3v) is 6.70. The van der Waals surface area contributed by atoms with Crippen LogP contribution in [0.25, 0.3) is 22.2 Å². The molecule has 8 heteroatoms. The van der Waals surface area contributed by atoms with Crippen molar-refractivity contribution in [1.29, 1.82) is 0 Å². The molecule has 2 aromatic heterocycles. The molecule has 0 amide bonds. The topological polar surface area (TPSA) is 53.9 Å². The van der Waals surface area contributed by atoms with Gasteiger partial charge >= 0.3 is 6.18 Å². The van der Waals surface area contributed by atoms with Gasteiger partial charge in [-0.1, -0.05) is 63.1 Å². The van der Waals surface area contributed by atoms with Crippen LogP contribution < -0.4 is 5.32 Å². The maximum atomic E-state index is 13.7. The van der Waals surface area contributed by atoms with E-state index >= 15 is 0 Å². The van der Waals surface area contributed by atoms with E-state index in [4.69, 9.17) is 9.97 Å². The van der Waals surface area contributed by atoms with Crippen LogP contribution in [0.4, 0.5) is 19.0 Å². The van der Waals surface area contributed by atoms with Crippen molar-refractivity contribution in [3.63, 3.8) is 0 Å². The van der Waals surface area contributed by atoms with Gasteiger partial charge < -0.3 is 5.32 Å². The van der Waals surface area contributed by atoms with Crippen molar-refractivity contribution in [2.75, 3.05) is 25.0 Å². The number of alkyl halides is 3. The Balaban J connectivity index is 1.70. The highest BCUT2D eigenvalue weighted by Gasteiger charge is 2.34. The summed E-state index contributed by atoms with van der Waals surface area (Å²) in [5, 5.41) is 4.24. The Labute approximate surface area is 228 Å². The first kappa shape index (κ1) is 28.5. The van der Waals surface area contributed by atoms with E-state index < -0.39 is 11.7 Å². The van der Waals surface area contributed by atoms with Crippen molar-refractivity contribution >= 4 is 16.7 Å². The molecule has 0 saturated heterocycles. The maximum Gasteiger partial charge on any atom is 0.418 e. The zero-order valence-electron chi connectivity index (χ0n) is 22.6. The minimum atomic E-state index is -4.50. The lowest BCUT2D eigenvalue weighted by atomic mass is 10.0. The molecule has 0 aliphatic carbocycles. The quantitative estimate of drug-likeness (QED) is 0.190. The summed E-state index contributed by atoms with van der Waals surface area (Å²) >= 11 is 0. The zero-order valence-corrected chi connectivity index (χ0v) is 22.6. The molecule has 0 fully saturated rings. The van der Waals surface area contributed by atoms with Gasteiger partial charge in [0.1, 0.15) is 11.6 Å². The number of nitrogens with zero attached hydrogens (tertiary/aromatic N) is 4. The molecule has 4 aromatic rings. The van der Waals surface area contributed by atoms with Crippen LogP contribution in [0.5, 0.6) is 0 Å². The molecule has 0 spiro atoms. The van der Waals surface area contributed by atoms with Gasteiger partial charge in [-0.3, -0.25) is 9.88 Å². The number of hydrogen-bond donors (Lipinski definition) is 1. The van der Waals surface area contributed by atoms with Gasteiger partial charge in [0, 0.05) is 23.7 Å². The first-order chi connectivity index (χ1) is 18.9. The van der Waals surface area contributed by atoms with Crippen LogP contribution in [0.15, 0.2) is 66.9 Å². The van der Waals surface area contributed by atoms with Crippen LogP contribution in [-0.2, 0) is 19.1 Å². The number of anilines is 1. The minimum Gasteiger partial charge on any atom is -0.369 e. The van der Waals surface area contributed by atoms with Crippen LogP contribution in [0.1, 0.15) is 56.5 Å². The highest BCUT2D eigenvalue weighted by molar-refractivity contribution is 5.92. The third kappa shape index (κ3) is 7.76. The fraction of sp³-hybridized carbons (Fsp3) is 0.387. The summed E-state index contributed by atoms with van der Waals surface area (Å²) in [6, 6.07) is 17.7. The summed E-state index contributed by atoms with van der Waals surface area (Å²) in [5.41, 5.74) is 1.34. The highest BCUT2D eigenvalue weighted by atomic mass is 19.4. The molecule has 4 rings (SSSR count). The molecular weight excluding hydrogens is 499 g/mol. The Morgan fingerprint density at radius 2 is 1.62 bits per heavy atom. The van der Waals surface area contributed by atoms with E-state index in [0.717, 1.165) is 56.6 Å². The van der Waals surface area contributed by atoms with Gasteiger partial charge in [-0.15, -0.1) is 0 Å². The molecular formula is C31H36F3N5. The van der Waals surface area contributed by atoms with E-state index in [1.165, 1.54) is 17.8 Å². The van der Waals surface area contributed by atoms with Crippen molar-refractivity contribution in [2.45, 2.75) is 58.7 Å². The van der Waals surface area contributed by atoms with E-state index in [0.29, 0.717) is 35.8 Å². The number of fused-ring (bicyclic) bond motifs is 1. The molecule has 0 aliphatic rings. The van der Waals surface area contributed by atoms with Gasteiger partial charge in [0.25, 0.3) is 0 Å². The summed E-state index contributed by atoms with van der Waals surface area (Å²) in [6.45, 7) is 7.52. The molecule has 0 saturated carbocycles.